The van der Waals surface area contributed by atoms with Gasteiger partial charge in [0.1, 0.15) is 6.10 Å². The summed E-state index contributed by atoms with van der Waals surface area (Å²) in [6.45, 7) is 0.587. The zero-order chi connectivity index (χ0) is 8.72. The topological polar surface area (TPSA) is 12.5 Å². The fourth-order valence-corrected chi connectivity index (χ4v) is 1.58. The van der Waals surface area contributed by atoms with Crippen LogP contribution < -0.4 is 0 Å². The quantitative estimate of drug-likeness (QED) is 0.538. The molecule has 0 spiro atoms. The van der Waals surface area contributed by atoms with Crippen LogP contribution in [0.3, 0.4) is 0 Å². The third-order valence-electron chi connectivity index (χ3n) is 1.72. The minimum absolute atomic E-state index is 0.0607. The summed E-state index contributed by atoms with van der Waals surface area (Å²) in [7, 11) is 0. The molecule has 1 aromatic carbocycles. The summed E-state index contributed by atoms with van der Waals surface area (Å²) in [6.07, 6.45) is -0.0607. The van der Waals surface area contributed by atoms with E-state index in [1.54, 1.807) is 0 Å². The second kappa shape index (κ2) is 2.78. The van der Waals surface area contributed by atoms with Crippen molar-refractivity contribution < 1.29 is 13.5 Å². The lowest BCUT2D eigenvalue weighted by Crippen LogP contribution is -1.90. The molecule has 0 saturated carbocycles. The van der Waals surface area contributed by atoms with Crippen molar-refractivity contribution in [3.8, 4) is 0 Å². The van der Waals surface area contributed by atoms with E-state index < -0.39 is 11.6 Å². The molecule has 1 nitrogen and oxygen atoms in total. The predicted octanol–water partition coefficient (Wildman–Crippen LogP) is 2.80. The van der Waals surface area contributed by atoms with E-state index in [0.29, 0.717) is 16.6 Å². The largest absolute Gasteiger partial charge is 0.368 e. The van der Waals surface area contributed by atoms with Crippen LogP contribution in [0, 0.1) is 11.6 Å². The van der Waals surface area contributed by atoms with Crippen molar-refractivity contribution in [1.29, 1.82) is 0 Å². The maximum atomic E-state index is 12.7. The molecule has 0 N–H and O–H groups in total. The molecule has 2 rings (SSSR count). The van der Waals surface area contributed by atoms with Gasteiger partial charge in [-0.2, -0.15) is 0 Å². The number of ether oxygens (including phenoxy) is 1. The van der Waals surface area contributed by atoms with Crippen LogP contribution in [0.4, 0.5) is 8.78 Å². The maximum Gasteiger partial charge on any atom is 0.159 e. The zero-order valence-corrected chi connectivity index (χ0v) is 7.57. The van der Waals surface area contributed by atoms with Crippen molar-refractivity contribution >= 4 is 15.9 Å². The summed E-state index contributed by atoms with van der Waals surface area (Å²) in [5.74, 6) is -1.67. The van der Waals surface area contributed by atoms with Gasteiger partial charge < -0.3 is 4.74 Å². The minimum atomic E-state index is -0.841. The average Bonchev–Trinajstić information content (AvgIpc) is 2.79. The highest BCUT2D eigenvalue weighted by Crippen LogP contribution is 2.35. The maximum absolute atomic E-state index is 12.7. The van der Waals surface area contributed by atoms with Gasteiger partial charge in [0.15, 0.2) is 11.6 Å². The van der Waals surface area contributed by atoms with Crippen LogP contribution in [-0.4, -0.2) is 6.61 Å². The third kappa shape index (κ3) is 1.36. The molecule has 1 atom stereocenters. The van der Waals surface area contributed by atoms with Gasteiger partial charge in [0, 0.05) is 10.0 Å². The molecule has 0 unspecified atom stereocenters. The molecule has 1 heterocycles. The monoisotopic (exact) mass is 234 g/mol. The standard InChI is InChI=1S/C8H5BrF2O/c9-5-2-7(11)6(10)1-4(5)8-3-12-8/h1-2,8H,3H2/t8-/m1/s1. The SMILES string of the molecule is Fc1cc(Br)c([C@H]2CO2)cc1F. The van der Waals surface area contributed by atoms with Crippen LogP contribution in [0.25, 0.3) is 0 Å². The van der Waals surface area contributed by atoms with E-state index in [1.165, 1.54) is 0 Å². The first-order valence-corrected chi connectivity index (χ1v) is 4.24. The molecule has 1 aromatic rings. The molecule has 0 amide bonds. The molecule has 0 radical (unpaired) electrons. The van der Waals surface area contributed by atoms with Crippen LogP contribution in [0.5, 0.6) is 0 Å². The summed E-state index contributed by atoms with van der Waals surface area (Å²) in [4.78, 5) is 0. The summed E-state index contributed by atoms with van der Waals surface area (Å²) in [5, 5.41) is 0. The Hall–Kier alpha value is -0.480. The van der Waals surface area contributed by atoms with Crippen molar-refractivity contribution in [3.63, 3.8) is 0 Å². The summed E-state index contributed by atoms with van der Waals surface area (Å²) >= 11 is 3.14. The summed E-state index contributed by atoms with van der Waals surface area (Å²) in [5.41, 5.74) is 0.675. The van der Waals surface area contributed by atoms with Crippen molar-refractivity contribution in [2.45, 2.75) is 6.10 Å². The first-order chi connectivity index (χ1) is 5.68. The average molecular weight is 235 g/mol. The van der Waals surface area contributed by atoms with Crippen molar-refractivity contribution in [2.75, 3.05) is 6.61 Å². The normalized spacial score (nSPS) is 21.1. The number of hydrogen-bond donors (Lipinski definition) is 0. The highest BCUT2D eigenvalue weighted by Gasteiger charge is 2.28. The molecule has 0 aliphatic carbocycles. The fourth-order valence-electron chi connectivity index (χ4n) is 1.01. The lowest BCUT2D eigenvalue weighted by atomic mass is 10.1. The first kappa shape index (κ1) is 8.13. The van der Waals surface area contributed by atoms with Gasteiger partial charge in [-0.05, 0) is 12.1 Å². The van der Waals surface area contributed by atoms with Gasteiger partial charge in [-0.1, -0.05) is 15.9 Å². The Kier molecular flexibility index (Phi) is 1.88. The van der Waals surface area contributed by atoms with E-state index >= 15 is 0 Å². The zero-order valence-electron chi connectivity index (χ0n) is 5.98. The molecule has 1 saturated heterocycles. The number of rotatable bonds is 1. The van der Waals surface area contributed by atoms with Crippen LogP contribution in [-0.2, 0) is 4.74 Å². The molecule has 4 heteroatoms. The molecule has 1 aliphatic heterocycles. The van der Waals surface area contributed by atoms with E-state index in [9.17, 15) is 8.78 Å². The van der Waals surface area contributed by atoms with Crippen LogP contribution in [0.15, 0.2) is 16.6 Å². The molecular weight excluding hydrogens is 230 g/mol. The van der Waals surface area contributed by atoms with Crippen LogP contribution in [0.1, 0.15) is 11.7 Å². The molecule has 0 aromatic heterocycles. The summed E-state index contributed by atoms with van der Waals surface area (Å²) < 4.78 is 30.8. The van der Waals surface area contributed by atoms with Crippen molar-refractivity contribution in [3.05, 3.63) is 33.8 Å². The number of hydrogen-bond acceptors (Lipinski definition) is 1. The highest BCUT2D eigenvalue weighted by atomic mass is 79.9. The Morgan fingerprint density at radius 1 is 1.33 bits per heavy atom. The minimum Gasteiger partial charge on any atom is -0.368 e. The Morgan fingerprint density at radius 3 is 2.50 bits per heavy atom. The number of epoxide rings is 1. The molecule has 1 aliphatic rings. The van der Waals surface area contributed by atoms with Gasteiger partial charge in [0.2, 0.25) is 0 Å². The predicted molar refractivity (Wildman–Crippen MR) is 42.8 cm³/mol. The van der Waals surface area contributed by atoms with Crippen molar-refractivity contribution in [2.24, 2.45) is 0 Å². The van der Waals surface area contributed by atoms with Gasteiger partial charge in [-0.15, -0.1) is 0 Å². The van der Waals surface area contributed by atoms with E-state index in [0.717, 1.165) is 12.1 Å². The number of halogens is 3. The van der Waals surface area contributed by atoms with E-state index in [1.807, 2.05) is 0 Å². The number of benzene rings is 1. The van der Waals surface area contributed by atoms with E-state index in [2.05, 4.69) is 15.9 Å². The second-order valence-corrected chi connectivity index (χ2v) is 3.46. The highest BCUT2D eigenvalue weighted by molar-refractivity contribution is 9.10. The molecule has 0 bridgehead atoms. The molecular formula is C8H5BrF2O. The molecule has 12 heavy (non-hydrogen) atoms. The van der Waals surface area contributed by atoms with Gasteiger partial charge in [0.25, 0.3) is 0 Å². The summed E-state index contributed by atoms with van der Waals surface area (Å²) in [6, 6.07) is 2.28. The van der Waals surface area contributed by atoms with Gasteiger partial charge >= 0.3 is 0 Å². The second-order valence-electron chi connectivity index (χ2n) is 2.61. The van der Waals surface area contributed by atoms with Gasteiger partial charge in [-0.3, -0.25) is 0 Å². The Bertz CT molecular complexity index is 323. The molecule has 1 fully saturated rings. The van der Waals surface area contributed by atoms with E-state index in [4.69, 9.17) is 4.74 Å². The lowest BCUT2D eigenvalue weighted by molar-refractivity contribution is 0.412. The van der Waals surface area contributed by atoms with Crippen molar-refractivity contribution in [1.82, 2.24) is 0 Å². The fraction of sp³-hybridized carbons (Fsp3) is 0.250. The third-order valence-corrected chi connectivity index (χ3v) is 2.41. The Morgan fingerprint density at radius 2 is 1.92 bits per heavy atom. The molecule has 64 valence electrons. The van der Waals surface area contributed by atoms with Gasteiger partial charge in [0.05, 0.1) is 6.61 Å². The Labute approximate surface area is 76.5 Å². The van der Waals surface area contributed by atoms with Gasteiger partial charge in [-0.25, -0.2) is 8.78 Å². The Balaban J connectivity index is 2.47. The lowest BCUT2D eigenvalue weighted by Gasteiger charge is -2.00. The van der Waals surface area contributed by atoms with E-state index in [-0.39, 0.29) is 6.10 Å². The smallest absolute Gasteiger partial charge is 0.159 e. The van der Waals surface area contributed by atoms with Crippen LogP contribution in [0.2, 0.25) is 0 Å². The first-order valence-electron chi connectivity index (χ1n) is 3.44. The van der Waals surface area contributed by atoms with Crippen LogP contribution >= 0.6 is 15.9 Å².